The van der Waals surface area contributed by atoms with E-state index in [9.17, 15) is 4.79 Å². The number of ether oxygens (including phenoxy) is 1. The number of aromatic nitrogens is 1. The van der Waals surface area contributed by atoms with Crippen molar-refractivity contribution in [2.75, 3.05) is 38.3 Å². The maximum absolute atomic E-state index is 11.8. The number of rotatable bonds is 6. The third-order valence-corrected chi connectivity index (χ3v) is 5.36. The van der Waals surface area contributed by atoms with E-state index in [1.165, 1.54) is 11.3 Å². The van der Waals surface area contributed by atoms with Crippen LogP contribution in [0.1, 0.15) is 32.9 Å². The molecule has 6 nitrogen and oxygen atoms in total. The third kappa shape index (κ3) is 4.73. The van der Waals surface area contributed by atoms with E-state index >= 15 is 0 Å². The van der Waals surface area contributed by atoms with Gasteiger partial charge in [-0.25, -0.2) is 4.98 Å². The fourth-order valence-electron chi connectivity index (χ4n) is 2.91. The standard InChI is InChI=1S/C16H28N4O2S/c1-12(21)20(7-8-22-4)15-18-13(10-23-15)9-19-6-5-14(17)16(2,3)11-19/h10,14H,5-9,11,17H2,1-4H3. The molecule has 0 saturated carbocycles. The van der Waals surface area contributed by atoms with Crippen molar-refractivity contribution in [3.63, 3.8) is 0 Å². The van der Waals surface area contributed by atoms with Crippen molar-refractivity contribution in [2.24, 2.45) is 11.1 Å². The summed E-state index contributed by atoms with van der Waals surface area (Å²) in [7, 11) is 1.63. The van der Waals surface area contributed by atoms with E-state index in [1.807, 2.05) is 5.38 Å². The molecule has 1 saturated heterocycles. The minimum atomic E-state index is -0.00645. The average molecular weight is 340 g/mol. The highest BCUT2D eigenvalue weighted by Crippen LogP contribution is 2.29. The molecule has 1 aromatic rings. The summed E-state index contributed by atoms with van der Waals surface area (Å²) in [5.41, 5.74) is 7.34. The van der Waals surface area contributed by atoms with E-state index in [1.54, 1.807) is 18.9 Å². The first kappa shape index (κ1) is 18.3. The lowest BCUT2D eigenvalue weighted by molar-refractivity contribution is -0.116. The number of thiazole rings is 1. The van der Waals surface area contributed by atoms with Gasteiger partial charge in [0.05, 0.1) is 18.8 Å². The zero-order valence-electron chi connectivity index (χ0n) is 14.5. The molecule has 0 bridgehead atoms. The number of carbonyl (C=O) groups is 1. The number of hydrogen-bond donors (Lipinski definition) is 1. The zero-order chi connectivity index (χ0) is 17.0. The normalized spacial score (nSPS) is 21.3. The van der Waals surface area contributed by atoms with Gasteiger partial charge in [-0.05, 0) is 11.8 Å². The molecule has 130 valence electrons. The molecule has 1 unspecified atom stereocenters. The SMILES string of the molecule is COCCN(C(C)=O)c1nc(CN2CCC(N)C(C)(C)C2)cs1. The Bertz CT molecular complexity index is 532. The minimum absolute atomic E-state index is 0.00645. The Balaban J connectivity index is 2.00. The summed E-state index contributed by atoms with van der Waals surface area (Å²) < 4.78 is 5.07. The lowest BCUT2D eigenvalue weighted by atomic mass is 9.80. The van der Waals surface area contributed by atoms with Gasteiger partial charge < -0.3 is 10.5 Å². The highest BCUT2D eigenvalue weighted by atomic mass is 32.1. The van der Waals surface area contributed by atoms with Gasteiger partial charge in [0.15, 0.2) is 5.13 Å². The Morgan fingerprint density at radius 3 is 2.96 bits per heavy atom. The number of anilines is 1. The van der Waals surface area contributed by atoms with Crippen LogP contribution in [-0.2, 0) is 16.1 Å². The summed E-state index contributed by atoms with van der Waals surface area (Å²) in [6.45, 7) is 9.82. The zero-order valence-corrected chi connectivity index (χ0v) is 15.4. The third-order valence-electron chi connectivity index (χ3n) is 4.45. The molecule has 0 radical (unpaired) electrons. The van der Waals surface area contributed by atoms with Crippen LogP contribution in [0, 0.1) is 5.41 Å². The molecule has 1 fully saturated rings. The number of likely N-dealkylation sites (tertiary alicyclic amines) is 1. The summed E-state index contributed by atoms with van der Waals surface area (Å²) in [6.07, 6.45) is 1.01. The Morgan fingerprint density at radius 2 is 2.35 bits per heavy atom. The quantitative estimate of drug-likeness (QED) is 0.853. The monoisotopic (exact) mass is 340 g/mol. The van der Waals surface area contributed by atoms with Crippen molar-refractivity contribution >= 4 is 22.4 Å². The number of hydrogen-bond acceptors (Lipinski definition) is 6. The summed E-state index contributed by atoms with van der Waals surface area (Å²) in [5, 5.41) is 2.79. The van der Waals surface area contributed by atoms with Crippen LogP contribution in [0.15, 0.2) is 5.38 Å². The van der Waals surface area contributed by atoms with E-state index in [0.717, 1.165) is 36.9 Å². The van der Waals surface area contributed by atoms with Gasteiger partial charge in [-0.2, -0.15) is 0 Å². The topological polar surface area (TPSA) is 71.7 Å². The van der Waals surface area contributed by atoms with Gasteiger partial charge in [0.2, 0.25) is 5.91 Å². The van der Waals surface area contributed by atoms with Gasteiger partial charge in [-0.15, -0.1) is 11.3 Å². The largest absolute Gasteiger partial charge is 0.383 e. The van der Waals surface area contributed by atoms with E-state index in [-0.39, 0.29) is 17.4 Å². The number of piperidine rings is 1. The Kier molecular flexibility index (Phi) is 6.13. The van der Waals surface area contributed by atoms with E-state index < -0.39 is 0 Å². The van der Waals surface area contributed by atoms with Gasteiger partial charge in [-0.3, -0.25) is 14.6 Å². The molecule has 1 atom stereocenters. The van der Waals surface area contributed by atoms with Gasteiger partial charge in [0.25, 0.3) is 0 Å². The number of carbonyl (C=O) groups excluding carboxylic acids is 1. The van der Waals surface area contributed by atoms with Crippen LogP contribution in [0.25, 0.3) is 0 Å². The highest BCUT2D eigenvalue weighted by Gasteiger charge is 2.33. The second-order valence-corrected chi connectivity index (χ2v) is 7.72. The molecule has 0 spiro atoms. The van der Waals surface area contributed by atoms with Gasteiger partial charge >= 0.3 is 0 Å². The summed E-state index contributed by atoms with van der Waals surface area (Å²) in [5.74, 6) is -0.00645. The smallest absolute Gasteiger partial charge is 0.225 e. The molecule has 2 N–H and O–H groups in total. The van der Waals surface area contributed by atoms with Crippen LogP contribution in [-0.4, -0.2) is 55.2 Å². The highest BCUT2D eigenvalue weighted by molar-refractivity contribution is 7.14. The molecular formula is C16H28N4O2S. The van der Waals surface area contributed by atoms with Crippen LogP contribution in [0.3, 0.4) is 0 Å². The maximum atomic E-state index is 11.8. The lowest BCUT2D eigenvalue weighted by Crippen LogP contribution is -2.52. The van der Waals surface area contributed by atoms with Crippen molar-refractivity contribution in [3.8, 4) is 0 Å². The number of methoxy groups -OCH3 is 1. The fourth-order valence-corrected chi connectivity index (χ4v) is 3.80. The van der Waals surface area contributed by atoms with Gasteiger partial charge in [0.1, 0.15) is 0 Å². The van der Waals surface area contributed by atoms with Crippen LogP contribution < -0.4 is 10.6 Å². The molecule has 1 amide bonds. The molecule has 0 aromatic carbocycles. The minimum Gasteiger partial charge on any atom is -0.383 e. The van der Waals surface area contributed by atoms with Crippen molar-refractivity contribution in [3.05, 3.63) is 11.1 Å². The summed E-state index contributed by atoms with van der Waals surface area (Å²) in [4.78, 5) is 20.5. The molecule has 7 heteroatoms. The van der Waals surface area contributed by atoms with E-state index in [0.29, 0.717) is 13.2 Å². The average Bonchev–Trinajstić information content (AvgIpc) is 2.91. The molecule has 23 heavy (non-hydrogen) atoms. The number of nitrogens with two attached hydrogens (primary N) is 1. The van der Waals surface area contributed by atoms with E-state index in [2.05, 4.69) is 23.7 Å². The first-order chi connectivity index (χ1) is 10.8. The Labute approximate surface area is 142 Å². The van der Waals surface area contributed by atoms with Crippen LogP contribution in [0.2, 0.25) is 0 Å². The Hall–Kier alpha value is -1.02. The predicted octanol–water partition coefficient (Wildman–Crippen LogP) is 1.70. The van der Waals surface area contributed by atoms with Crippen LogP contribution >= 0.6 is 11.3 Å². The first-order valence-electron chi connectivity index (χ1n) is 8.03. The molecule has 1 aliphatic rings. The van der Waals surface area contributed by atoms with Crippen molar-refractivity contribution < 1.29 is 9.53 Å². The summed E-state index contributed by atoms with van der Waals surface area (Å²) >= 11 is 1.51. The predicted molar refractivity (Wildman–Crippen MR) is 93.7 cm³/mol. The molecule has 2 heterocycles. The fraction of sp³-hybridized carbons (Fsp3) is 0.750. The van der Waals surface area contributed by atoms with E-state index in [4.69, 9.17) is 10.5 Å². The van der Waals surface area contributed by atoms with Crippen molar-refractivity contribution in [2.45, 2.75) is 39.8 Å². The van der Waals surface area contributed by atoms with Crippen LogP contribution in [0.4, 0.5) is 5.13 Å². The Morgan fingerprint density at radius 1 is 1.61 bits per heavy atom. The second-order valence-electron chi connectivity index (χ2n) is 6.88. The second kappa shape index (κ2) is 7.70. The molecule has 2 rings (SSSR count). The van der Waals surface area contributed by atoms with Crippen molar-refractivity contribution in [1.29, 1.82) is 0 Å². The number of nitrogens with zero attached hydrogens (tertiary/aromatic N) is 3. The van der Waals surface area contributed by atoms with Gasteiger partial charge in [-0.1, -0.05) is 13.8 Å². The summed E-state index contributed by atoms with van der Waals surface area (Å²) in [6, 6.07) is 0.256. The molecule has 1 aromatic heterocycles. The maximum Gasteiger partial charge on any atom is 0.225 e. The molecular weight excluding hydrogens is 312 g/mol. The number of amides is 1. The molecule has 1 aliphatic heterocycles. The lowest BCUT2D eigenvalue weighted by Gasteiger charge is -2.42. The van der Waals surface area contributed by atoms with Crippen LogP contribution in [0.5, 0.6) is 0 Å². The first-order valence-corrected chi connectivity index (χ1v) is 8.91. The van der Waals surface area contributed by atoms with Gasteiger partial charge in [0, 0.05) is 45.1 Å². The van der Waals surface area contributed by atoms with Crippen molar-refractivity contribution in [1.82, 2.24) is 9.88 Å². The molecule has 0 aliphatic carbocycles.